The van der Waals surface area contributed by atoms with Crippen LogP contribution in [0, 0.1) is 11.8 Å². The number of nitrogens with zero attached hydrogens (tertiary/aromatic N) is 2. The first-order chi connectivity index (χ1) is 16.8. The number of carbonyl (C=O) groups excluding carboxylic acids is 1. The van der Waals surface area contributed by atoms with Crippen LogP contribution in [-0.2, 0) is 17.6 Å². The molecule has 182 valence electrons. The van der Waals surface area contributed by atoms with Crippen LogP contribution in [0.15, 0.2) is 54.6 Å². The number of piperidine rings is 1. The van der Waals surface area contributed by atoms with Gasteiger partial charge in [-0.05, 0) is 80.6 Å². The van der Waals surface area contributed by atoms with E-state index in [0.717, 1.165) is 44.7 Å². The third-order valence-electron chi connectivity index (χ3n) is 8.69. The second kappa shape index (κ2) is 11.5. The minimum absolute atomic E-state index is 0.253. The lowest BCUT2D eigenvalue weighted by Gasteiger charge is -2.41. The van der Waals surface area contributed by atoms with Gasteiger partial charge in [0, 0.05) is 19.0 Å². The number of carbonyl (C=O) groups is 1. The molecule has 34 heavy (non-hydrogen) atoms. The largest absolute Gasteiger partial charge is 0.335 e. The summed E-state index contributed by atoms with van der Waals surface area (Å²) >= 11 is 0. The highest BCUT2D eigenvalue weighted by molar-refractivity contribution is 5.79. The number of fused-ring (bicyclic) bond motifs is 1. The number of rotatable bonds is 6. The molecule has 2 heterocycles. The van der Waals surface area contributed by atoms with Crippen LogP contribution >= 0.6 is 0 Å². The van der Waals surface area contributed by atoms with E-state index in [0.29, 0.717) is 5.91 Å². The lowest BCUT2D eigenvalue weighted by Crippen LogP contribution is -2.44. The normalized spacial score (nSPS) is 22.8. The summed E-state index contributed by atoms with van der Waals surface area (Å²) in [4.78, 5) is 18.7. The minimum atomic E-state index is 0.253. The van der Waals surface area contributed by atoms with Gasteiger partial charge in [0.05, 0.1) is 6.04 Å². The van der Waals surface area contributed by atoms with E-state index in [1.54, 1.807) is 0 Å². The van der Waals surface area contributed by atoms with E-state index in [9.17, 15) is 4.79 Å². The van der Waals surface area contributed by atoms with Gasteiger partial charge in [-0.1, -0.05) is 80.3 Å². The highest BCUT2D eigenvalue weighted by Crippen LogP contribution is 2.36. The van der Waals surface area contributed by atoms with Gasteiger partial charge in [-0.3, -0.25) is 4.79 Å². The van der Waals surface area contributed by atoms with Gasteiger partial charge in [-0.2, -0.15) is 0 Å². The summed E-state index contributed by atoms with van der Waals surface area (Å²) in [6.45, 7) is 4.40. The van der Waals surface area contributed by atoms with E-state index in [2.05, 4.69) is 64.4 Å². The van der Waals surface area contributed by atoms with Crippen LogP contribution in [0.3, 0.4) is 0 Å². The summed E-state index contributed by atoms with van der Waals surface area (Å²) in [6.07, 6.45) is 13.1. The van der Waals surface area contributed by atoms with Crippen molar-refractivity contribution in [3.05, 3.63) is 71.3 Å². The van der Waals surface area contributed by atoms with Gasteiger partial charge in [-0.25, -0.2) is 0 Å². The summed E-state index contributed by atoms with van der Waals surface area (Å²) in [5, 5.41) is 0. The minimum Gasteiger partial charge on any atom is -0.335 e. The van der Waals surface area contributed by atoms with Gasteiger partial charge in [-0.15, -0.1) is 0 Å². The molecule has 0 aromatic heterocycles. The summed E-state index contributed by atoms with van der Waals surface area (Å²) in [5.74, 6) is 1.51. The van der Waals surface area contributed by atoms with Crippen molar-refractivity contribution in [2.24, 2.45) is 11.8 Å². The van der Waals surface area contributed by atoms with Crippen LogP contribution < -0.4 is 0 Å². The van der Waals surface area contributed by atoms with Crippen molar-refractivity contribution in [3.8, 4) is 0 Å². The average molecular weight is 459 g/mol. The topological polar surface area (TPSA) is 23.6 Å². The van der Waals surface area contributed by atoms with Gasteiger partial charge < -0.3 is 9.80 Å². The van der Waals surface area contributed by atoms with Crippen LogP contribution in [0.1, 0.15) is 80.5 Å². The lowest BCUT2D eigenvalue weighted by atomic mass is 9.87. The SMILES string of the molecule is O=C(C1CCCCCC1)N1CCc2ccccc2C1CCN1CCC(Cc2ccccc2)CC1. The van der Waals surface area contributed by atoms with E-state index in [1.807, 2.05) is 0 Å². The second-order valence-electron chi connectivity index (χ2n) is 10.9. The maximum absolute atomic E-state index is 13.7. The molecular formula is C31H42N2O. The van der Waals surface area contributed by atoms with E-state index < -0.39 is 0 Å². The third-order valence-corrected chi connectivity index (χ3v) is 8.69. The molecule has 3 nitrogen and oxygen atoms in total. The molecule has 5 rings (SSSR count). The van der Waals surface area contributed by atoms with Crippen LogP contribution in [0.4, 0.5) is 0 Å². The van der Waals surface area contributed by atoms with Crippen molar-refractivity contribution in [2.45, 2.75) is 76.7 Å². The molecule has 0 spiro atoms. The molecule has 1 amide bonds. The number of hydrogen-bond acceptors (Lipinski definition) is 2. The van der Waals surface area contributed by atoms with Gasteiger partial charge >= 0.3 is 0 Å². The van der Waals surface area contributed by atoms with Crippen molar-refractivity contribution in [3.63, 3.8) is 0 Å². The molecule has 2 fully saturated rings. The summed E-state index contributed by atoms with van der Waals surface area (Å²) in [7, 11) is 0. The van der Waals surface area contributed by atoms with Crippen LogP contribution in [-0.4, -0.2) is 41.9 Å². The molecule has 0 bridgehead atoms. The average Bonchev–Trinajstić information content (AvgIpc) is 3.18. The highest BCUT2D eigenvalue weighted by Gasteiger charge is 2.34. The Bertz CT molecular complexity index is 910. The van der Waals surface area contributed by atoms with E-state index >= 15 is 0 Å². The van der Waals surface area contributed by atoms with Crippen LogP contribution in [0.2, 0.25) is 0 Å². The summed E-state index contributed by atoms with van der Waals surface area (Å²) in [5.41, 5.74) is 4.35. The van der Waals surface area contributed by atoms with Crippen molar-refractivity contribution >= 4 is 5.91 Å². The molecular weight excluding hydrogens is 416 g/mol. The van der Waals surface area contributed by atoms with Gasteiger partial charge in [0.1, 0.15) is 0 Å². The molecule has 2 aromatic rings. The first-order valence-electron chi connectivity index (χ1n) is 13.9. The molecule has 2 aromatic carbocycles. The Balaban J connectivity index is 1.21. The predicted molar refractivity (Wildman–Crippen MR) is 140 cm³/mol. The molecule has 0 radical (unpaired) electrons. The smallest absolute Gasteiger partial charge is 0.226 e. The van der Waals surface area contributed by atoms with E-state index in [-0.39, 0.29) is 12.0 Å². The molecule has 1 aliphatic carbocycles. The summed E-state index contributed by atoms with van der Waals surface area (Å²) < 4.78 is 0. The molecule has 1 unspecified atom stereocenters. The fourth-order valence-corrected chi connectivity index (χ4v) is 6.65. The molecule has 2 aliphatic heterocycles. The monoisotopic (exact) mass is 458 g/mol. The number of benzene rings is 2. The zero-order valence-corrected chi connectivity index (χ0v) is 20.8. The number of amides is 1. The van der Waals surface area contributed by atoms with Gasteiger partial charge in [0.15, 0.2) is 0 Å². The Morgan fingerprint density at radius 1 is 0.794 bits per heavy atom. The number of likely N-dealkylation sites (tertiary alicyclic amines) is 1. The zero-order valence-electron chi connectivity index (χ0n) is 20.8. The second-order valence-corrected chi connectivity index (χ2v) is 10.9. The summed E-state index contributed by atoms with van der Waals surface area (Å²) in [6, 6.07) is 20.1. The Morgan fingerprint density at radius 3 is 2.26 bits per heavy atom. The molecule has 1 atom stereocenters. The molecule has 3 heteroatoms. The first kappa shape index (κ1) is 23.6. The van der Waals surface area contributed by atoms with E-state index in [1.165, 1.54) is 74.7 Å². The molecule has 1 saturated carbocycles. The zero-order chi connectivity index (χ0) is 23.2. The quantitative estimate of drug-likeness (QED) is 0.466. The fraction of sp³-hybridized carbons (Fsp3) is 0.581. The Labute approximate surface area is 206 Å². The Kier molecular flexibility index (Phi) is 8.01. The van der Waals surface area contributed by atoms with Crippen molar-refractivity contribution in [1.82, 2.24) is 9.80 Å². The molecule has 3 aliphatic rings. The first-order valence-corrected chi connectivity index (χ1v) is 13.9. The lowest BCUT2D eigenvalue weighted by molar-refractivity contribution is -0.139. The van der Waals surface area contributed by atoms with Gasteiger partial charge in [0.2, 0.25) is 5.91 Å². The number of hydrogen-bond donors (Lipinski definition) is 0. The van der Waals surface area contributed by atoms with Crippen molar-refractivity contribution < 1.29 is 4.79 Å². The standard InChI is InChI=1S/C31H42N2O/c34-31(28-13-6-1-2-7-14-28)33-23-18-27-12-8-9-15-29(27)30(33)19-22-32-20-16-26(17-21-32)24-25-10-4-3-5-11-25/h3-5,8-12,15,26,28,30H,1-2,6-7,13-14,16-24H2. The van der Waals surface area contributed by atoms with Gasteiger partial charge in [0.25, 0.3) is 0 Å². The van der Waals surface area contributed by atoms with Crippen LogP contribution in [0.25, 0.3) is 0 Å². The maximum atomic E-state index is 13.7. The highest BCUT2D eigenvalue weighted by atomic mass is 16.2. The van der Waals surface area contributed by atoms with E-state index in [4.69, 9.17) is 0 Å². The van der Waals surface area contributed by atoms with Crippen molar-refractivity contribution in [1.29, 1.82) is 0 Å². The fourth-order valence-electron chi connectivity index (χ4n) is 6.65. The molecule has 1 saturated heterocycles. The molecule has 0 N–H and O–H groups in total. The Morgan fingerprint density at radius 2 is 1.50 bits per heavy atom. The Hall–Kier alpha value is -2.13. The maximum Gasteiger partial charge on any atom is 0.226 e. The third kappa shape index (κ3) is 5.74. The predicted octanol–water partition coefficient (Wildman–Crippen LogP) is 6.43. The van der Waals surface area contributed by atoms with Crippen LogP contribution in [0.5, 0.6) is 0 Å². The van der Waals surface area contributed by atoms with Crippen molar-refractivity contribution in [2.75, 3.05) is 26.2 Å².